The summed E-state index contributed by atoms with van der Waals surface area (Å²) in [5.41, 5.74) is 26.8. The topological polar surface area (TPSA) is 14.2 Å². The third-order valence-corrected chi connectivity index (χ3v) is 16.4. The highest BCUT2D eigenvalue weighted by Crippen LogP contribution is 2.46. The van der Waals surface area contributed by atoms with Gasteiger partial charge in [0.2, 0.25) is 0 Å². The standard InChI is InChI=1S/C77H60F3N3/c1-44-23-45(2)28-58(27-44)53-12-18-71-66(38-53)67-39-54(59-29-46(3)24-47(4)30-59)13-19-72(67)82(71)75-22-16-64(81-10)43-70(75)65-17-11-57(62-35-52(9)36-63(37-62)77(78,79)80)42-76(65)83-73-20-14-55(60-31-48(5)25-49(6)32-60)40-68(73)69-41-56(15-21-74(69)83)61-33-50(7)26-51(8)34-61/h11-43H,1-9H3. The number of aryl methyl sites for hydroxylation is 9. The molecule has 0 atom stereocenters. The van der Waals surface area contributed by atoms with E-state index in [9.17, 15) is 13.2 Å². The van der Waals surface area contributed by atoms with Gasteiger partial charge in [-0.1, -0.05) is 166 Å². The molecule has 2 heterocycles. The van der Waals surface area contributed by atoms with Gasteiger partial charge in [0.1, 0.15) is 0 Å². The van der Waals surface area contributed by atoms with Crippen molar-refractivity contribution in [3.63, 3.8) is 0 Å². The van der Waals surface area contributed by atoms with Gasteiger partial charge >= 0.3 is 6.18 Å². The van der Waals surface area contributed by atoms with Crippen LogP contribution in [0.4, 0.5) is 18.9 Å². The van der Waals surface area contributed by atoms with E-state index >= 15 is 0 Å². The van der Waals surface area contributed by atoms with Crippen LogP contribution in [0.2, 0.25) is 0 Å². The molecule has 0 N–H and O–H groups in total. The Morgan fingerprint density at radius 2 is 0.602 bits per heavy atom. The molecule has 0 spiro atoms. The molecule has 2 aromatic heterocycles. The maximum atomic E-state index is 14.7. The minimum absolute atomic E-state index is 0.455. The fraction of sp³-hybridized carbons (Fsp3) is 0.130. The lowest BCUT2D eigenvalue weighted by molar-refractivity contribution is -0.137. The minimum Gasteiger partial charge on any atom is -0.309 e. The first-order valence-corrected chi connectivity index (χ1v) is 28.2. The Morgan fingerprint density at radius 1 is 0.289 bits per heavy atom. The van der Waals surface area contributed by atoms with Gasteiger partial charge in [-0.05, 0) is 208 Å². The lowest BCUT2D eigenvalue weighted by Crippen LogP contribution is -2.05. The van der Waals surface area contributed by atoms with Crippen LogP contribution >= 0.6 is 0 Å². The highest BCUT2D eigenvalue weighted by molar-refractivity contribution is 6.14. The number of nitrogens with zero attached hydrogens (tertiary/aromatic N) is 3. The summed E-state index contributed by atoms with van der Waals surface area (Å²) >= 11 is 0. The average Bonchev–Trinajstić information content (AvgIpc) is 3.93. The van der Waals surface area contributed by atoms with E-state index in [-0.39, 0.29) is 0 Å². The molecule has 13 aromatic rings. The third kappa shape index (κ3) is 9.66. The molecule has 0 aliphatic heterocycles. The van der Waals surface area contributed by atoms with Crippen molar-refractivity contribution in [3.05, 3.63) is 267 Å². The van der Waals surface area contributed by atoms with E-state index < -0.39 is 11.7 Å². The van der Waals surface area contributed by atoms with Gasteiger partial charge in [-0.2, -0.15) is 13.2 Å². The molecule has 0 aliphatic rings. The van der Waals surface area contributed by atoms with E-state index in [1.165, 1.54) is 56.6 Å². The quantitative estimate of drug-likeness (QED) is 0.135. The van der Waals surface area contributed by atoms with Gasteiger partial charge in [0, 0.05) is 27.1 Å². The first-order chi connectivity index (χ1) is 39.8. The van der Waals surface area contributed by atoms with Gasteiger partial charge in [-0.3, -0.25) is 0 Å². The van der Waals surface area contributed by atoms with E-state index in [4.69, 9.17) is 6.57 Å². The zero-order valence-electron chi connectivity index (χ0n) is 48.0. The molecule has 404 valence electrons. The maximum absolute atomic E-state index is 14.7. The van der Waals surface area contributed by atoms with E-state index in [1.54, 1.807) is 6.92 Å². The number of hydrogen-bond donors (Lipinski definition) is 0. The zero-order chi connectivity index (χ0) is 57.7. The van der Waals surface area contributed by atoms with Crippen LogP contribution in [0.25, 0.3) is 127 Å². The van der Waals surface area contributed by atoms with Crippen molar-refractivity contribution in [1.82, 2.24) is 9.13 Å². The summed E-state index contributed by atoms with van der Waals surface area (Å²) in [6, 6.07) is 69.7. The molecule has 0 bridgehead atoms. The normalized spacial score (nSPS) is 11.8. The predicted octanol–water partition coefficient (Wildman–Crippen LogP) is 22.2. The Bertz CT molecular complexity index is 4600. The lowest BCUT2D eigenvalue weighted by Gasteiger charge is -2.21. The Labute approximate surface area is 483 Å². The lowest BCUT2D eigenvalue weighted by atomic mass is 9.94. The largest absolute Gasteiger partial charge is 0.416 e. The van der Waals surface area contributed by atoms with Gasteiger partial charge in [0.05, 0.1) is 45.6 Å². The summed E-state index contributed by atoms with van der Waals surface area (Å²) < 4.78 is 48.8. The van der Waals surface area contributed by atoms with Gasteiger partial charge in [0.15, 0.2) is 5.69 Å². The molecule has 0 saturated heterocycles. The maximum Gasteiger partial charge on any atom is 0.416 e. The minimum atomic E-state index is -4.55. The van der Waals surface area contributed by atoms with Crippen LogP contribution in [0.3, 0.4) is 0 Å². The number of aromatic nitrogens is 2. The Balaban J connectivity index is 1.13. The summed E-state index contributed by atoms with van der Waals surface area (Å²) in [4.78, 5) is 4.05. The summed E-state index contributed by atoms with van der Waals surface area (Å²) in [5, 5.41) is 4.23. The molecule has 0 saturated carbocycles. The first kappa shape index (κ1) is 52.7. The van der Waals surface area contributed by atoms with Gasteiger partial charge in [0.25, 0.3) is 0 Å². The van der Waals surface area contributed by atoms with E-state index in [0.717, 1.165) is 111 Å². The number of halogens is 3. The zero-order valence-corrected chi connectivity index (χ0v) is 48.0. The number of benzene rings is 11. The first-order valence-electron chi connectivity index (χ1n) is 28.2. The monoisotopic (exact) mass is 1080 g/mol. The van der Waals surface area contributed by atoms with Crippen molar-refractivity contribution in [2.75, 3.05) is 0 Å². The summed E-state index contributed by atoms with van der Waals surface area (Å²) in [6.07, 6.45) is -4.55. The second kappa shape index (κ2) is 20.1. The number of alkyl halides is 3. The molecule has 13 rings (SSSR count). The molecule has 83 heavy (non-hydrogen) atoms. The van der Waals surface area contributed by atoms with Crippen molar-refractivity contribution in [2.45, 2.75) is 68.5 Å². The summed E-state index contributed by atoms with van der Waals surface area (Å²) in [6.45, 7) is 27.3. The highest BCUT2D eigenvalue weighted by Gasteiger charge is 2.31. The average molecular weight is 1080 g/mol. The molecule has 3 nitrogen and oxygen atoms in total. The van der Waals surface area contributed by atoms with Crippen LogP contribution in [0.15, 0.2) is 200 Å². The number of rotatable bonds is 8. The second-order valence-corrected chi connectivity index (χ2v) is 23.2. The molecule has 0 radical (unpaired) electrons. The van der Waals surface area contributed by atoms with Crippen LogP contribution in [-0.4, -0.2) is 9.13 Å². The number of hydrogen-bond acceptors (Lipinski definition) is 0. The van der Waals surface area contributed by atoms with Crippen molar-refractivity contribution >= 4 is 49.3 Å². The van der Waals surface area contributed by atoms with E-state index in [0.29, 0.717) is 22.4 Å². The third-order valence-electron chi connectivity index (χ3n) is 16.4. The fourth-order valence-electron chi connectivity index (χ4n) is 13.1. The highest BCUT2D eigenvalue weighted by atomic mass is 19.4. The SMILES string of the molecule is [C-]#[N+]c1ccc(-n2c3ccc(-c4cc(C)cc(C)c4)cc3c3cc(-c4cc(C)cc(C)c4)ccc32)c(-c2ccc(-c3cc(C)cc(C(F)(F)F)c3)cc2-n2c3ccc(-c4cc(C)cc(C)c4)cc3c3cc(-c4cc(C)cc(C)c4)ccc32)c1. The number of fused-ring (bicyclic) bond motifs is 6. The predicted molar refractivity (Wildman–Crippen MR) is 342 cm³/mol. The second-order valence-electron chi connectivity index (χ2n) is 23.2. The van der Waals surface area contributed by atoms with Crippen molar-refractivity contribution in [1.29, 1.82) is 0 Å². The molecule has 11 aromatic carbocycles. The van der Waals surface area contributed by atoms with Gasteiger partial charge < -0.3 is 9.13 Å². The molecule has 6 heteroatoms. The fourth-order valence-corrected chi connectivity index (χ4v) is 13.1. The van der Waals surface area contributed by atoms with Crippen LogP contribution in [0.5, 0.6) is 0 Å². The molecular formula is C77H60F3N3. The van der Waals surface area contributed by atoms with Crippen LogP contribution in [0, 0.1) is 68.9 Å². The summed E-state index contributed by atoms with van der Waals surface area (Å²) in [7, 11) is 0. The van der Waals surface area contributed by atoms with Crippen molar-refractivity contribution < 1.29 is 13.2 Å². The molecule has 0 fully saturated rings. The molecule has 0 aliphatic carbocycles. The molecule has 0 unspecified atom stereocenters. The Kier molecular flexibility index (Phi) is 12.7. The van der Waals surface area contributed by atoms with Crippen LogP contribution in [0.1, 0.15) is 55.6 Å². The van der Waals surface area contributed by atoms with Gasteiger partial charge in [-0.25, -0.2) is 4.85 Å². The summed E-state index contributed by atoms with van der Waals surface area (Å²) in [5.74, 6) is 0. The van der Waals surface area contributed by atoms with Crippen LogP contribution < -0.4 is 0 Å². The van der Waals surface area contributed by atoms with E-state index in [1.807, 2.05) is 36.4 Å². The molecule has 0 amide bonds. The molecular weight excluding hydrogens is 1020 g/mol. The Morgan fingerprint density at radius 3 is 0.952 bits per heavy atom. The smallest absolute Gasteiger partial charge is 0.309 e. The Hall–Kier alpha value is -9.70. The van der Waals surface area contributed by atoms with Crippen molar-refractivity contribution in [2.24, 2.45) is 0 Å². The van der Waals surface area contributed by atoms with Crippen molar-refractivity contribution in [3.8, 4) is 78.1 Å². The van der Waals surface area contributed by atoms with E-state index in [2.05, 4.69) is 221 Å². The van der Waals surface area contributed by atoms with Gasteiger partial charge in [-0.15, -0.1) is 0 Å². The van der Waals surface area contributed by atoms with Crippen LogP contribution in [-0.2, 0) is 6.18 Å².